The number of methoxy groups -OCH3 is 1. The van der Waals surface area contributed by atoms with Crippen LogP contribution in [0.5, 0.6) is 5.75 Å². The molecule has 0 aliphatic carbocycles. The van der Waals surface area contributed by atoms with Crippen molar-refractivity contribution >= 4 is 21.8 Å². The number of nitrogens with one attached hydrogen (secondary N) is 1. The van der Waals surface area contributed by atoms with Crippen molar-refractivity contribution in [1.82, 2.24) is 5.32 Å². The Morgan fingerprint density at radius 3 is 2.70 bits per heavy atom. The zero-order valence-corrected chi connectivity index (χ0v) is 13.0. The number of amides is 1. The van der Waals surface area contributed by atoms with Crippen molar-refractivity contribution in [3.8, 4) is 5.75 Å². The van der Waals surface area contributed by atoms with E-state index in [0.717, 1.165) is 21.3 Å². The van der Waals surface area contributed by atoms with Crippen molar-refractivity contribution < 1.29 is 9.53 Å². The fraction of sp³-hybridized carbons (Fsp3) is 0.188. The van der Waals surface area contributed by atoms with Gasteiger partial charge in [0.25, 0.3) is 5.91 Å². The van der Waals surface area contributed by atoms with Crippen molar-refractivity contribution in [2.75, 3.05) is 7.11 Å². The van der Waals surface area contributed by atoms with Crippen LogP contribution in [0.3, 0.4) is 0 Å². The molecule has 0 saturated heterocycles. The lowest BCUT2D eigenvalue weighted by Crippen LogP contribution is -2.23. The molecule has 0 fully saturated rings. The van der Waals surface area contributed by atoms with Crippen LogP contribution in [0.1, 0.15) is 21.5 Å². The van der Waals surface area contributed by atoms with E-state index >= 15 is 0 Å². The fourth-order valence-electron chi connectivity index (χ4n) is 1.92. The second-order valence-electron chi connectivity index (χ2n) is 4.48. The molecule has 0 bridgehead atoms. The summed E-state index contributed by atoms with van der Waals surface area (Å²) in [7, 11) is 1.62. The number of rotatable bonds is 4. The first kappa shape index (κ1) is 14.6. The van der Waals surface area contributed by atoms with Crippen LogP contribution in [0.4, 0.5) is 0 Å². The summed E-state index contributed by atoms with van der Waals surface area (Å²) in [5, 5.41) is 2.90. The molecule has 0 saturated carbocycles. The molecule has 0 aliphatic heterocycles. The second-order valence-corrected chi connectivity index (χ2v) is 5.33. The number of para-hydroxylation sites is 1. The molecule has 20 heavy (non-hydrogen) atoms. The van der Waals surface area contributed by atoms with E-state index in [4.69, 9.17) is 4.74 Å². The van der Waals surface area contributed by atoms with Gasteiger partial charge in [0.15, 0.2) is 0 Å². The Morgan fingerprint density at radius 1 is 1.25 bits per heavy atom. The van der Waals surface area contributed by atoms with Crippen molar-refractivity contribution in [2.24, 2.45) is 0 Å². The molecule has 0 aromatic heterocycles. The smallest absolute Gasteiger partial charge is 0.252 e. The molecule has 104 valence electrons. The topological polar surface area (TPSA) is 38.3 Å². The standard InChI is InChI=1S/C16H16BrNO2/c1-11-7-8-13(14(17)9-11)16(19)18-10-12-5-3-4-6-15(12)20-2/h3-9H,10H2,1-2H3,(H,18,19). The summed E-state index contributed by atoms with van der Waals surface area (Å²) in [4.78, 5) is 12.2. The Morgan fingerprint density at radius 2 is 2.00 bits per heavy atom. The first-order valence-corrected chi connectivity index (χ1v) is 7.07. The van der Waals surface area contributed by atoms with Crippen LogP contribution in [0.2, 0.25) is 0 Å². The summed E-state index contributed by atoms with van der Waals surface area (Å²) in [5.41, 5.74) is 2.69. The average Bonchev–Trinajstić information content (AvgIpc) is 2.45. The third kappa shape index (κ3) is 3.39. The minimum atomic E-state index is -0.109. The van der Waals surface area contributed by atoms with Crippen LogP contribution in [-0.2, 0) is 6.54 Å². The zero-order valence-electron chi connectivity index (χ0n) is 11.4. The molecule has 1 N–H and O–H groups in total. The lowest BCUT2D eigenvalue weighted by molar-refractivity contribution is 0.0950. The van der Waals surface area contributed by atoms with E-state index in [0.29, 0.717) is 12.1 Å². The highest BCUT2D eigenvalue weighted by Crippen LogP contribution is 2.20. The summed E-state index contributed by atoms with van der Waals surface area (Å²) >= 11 is 3.42. The first-order valence-electron chi connectivity index (χ1n) is 6.28. The molecule has 0 spiro atoms. The van der Waals surface area contributed by atoms with E-state index < -0.39 is 0 Å². The third-order valence-corrected chi connectivity index (χ3v) is 3.66. The highest BCUT2D eigenvalue weighted by Gasteiger charge is 2.10. The maximum atomic E-state index is 12.2. The predicted octanol–water partition coefficient (Wildman–Crippen LogP) is 3.70. The van der Waals surface area contributed by atoms with Gasteiger partial charge in [-0.15, -0.1) is 0 Å². The number of ether oxygens (including phenoxy) is 1. The van der Waals surface area contributed by atoms with E-state index in [1.54, 1.807) is 7.11 Å². The predicted molar refractivity (Wildman–Crippen MR) is 83.0 cm³/mol. The molecule has 2 aromatic carbocycles. The van der Waals surface area contributed by atoms with Crippen LogP contribution < -0.4 is 10.1 Å². The highest BCUT2D eigenvalue weighted by molar-refractivity contribution is 9.10. The van der Waals surface area contributed by atoms with Gasteiger partial charge < -0.3 is 10.1 Å². The molecule has 0 unspecified atom stereocenters. The lowest BCUT2D eigenvalue weighted by Gasteiger charge is -2.10. The normalized spacial score (nSPS) is 10.2. The third-order valence-electron chi connectivity index (χ3n) is 3.00. The Kier molecular flexibility index (Phi) is 4.79. The van der Waals surface area contributed by atoms with Crippen LogP contribution in [-0.4, -0.2) is 13.0 Å². The quantitative estimate of drug-likeness (QED) is 0.926. The Hall–Kier alpha value is -1.81. The first-order chi connectivity index (χ1) is 9.61. The van der Waals surface area contributed by atoms with Crippen molar-refractivity contribution in [2.45, 2.75) is 13.5 Å². The lowest BCUT2D eigenvalue weighted by atomic mass is 10.1. The largest absolute Gasteiger partial charge is 0.496 e. The number of carbonyl (C=O) groups is 1. The molecule has 4 heteroatoms. The van der Waals surface area contributed by atoms with Gasteiger partial charge in [0.1, 0.15) is 5.75 Å². The summed E-state index contributed by atoms with van der Waals surface area (Å²) < 4.78 is 6.06. The highest BCUT2D eigenvalue weighted by atomic mass is 79.9. The van der Waals surface area contributed by atoms with E-state index in [1.807, 2.05) is 49.4 Å². The molecule has 2 rings (SSSR count). The van der Waals surface area contributed by atoms with E-state index in [-0.39, 0.29) is 5.91 Å². The van der Waals surface area contributed by atoms with Gasteiger partial charge in [0.2, 0.25) is 0 Å². The number of halogens is 1. The van der Waals surface area contributed by atoms with Crippen LogP contribution in [0.25, 0.3) is 0 Å². The monoisotopic (exact) mass is 333 g/mol. The second kappa shape index (κ2) is 6.57. The van der Waals surface area contributed by atoms with Gasteiger partial charge in [-0.1, -0.05) is 24.3 Å². The minimum Gasteiger partial charge on any atom is -0.496 e. The molecule has 3 nitrogen and oxygen atoms in total. The number of carbonyl (C=O) groups excluding carboxylic acids is 1. The Bertz CT molecular complexity index is 626. The summed E-state index contributed by atoms with van der Waals surface area (Å²) in [6.45, 7) is 2.42. The van der Waals surface area contributed by atoms with Crippen LogP contribution in [0.15, 0.2) is 46.9 Å². The fourth-order valence-corrected chi connectivity index (χ4v) is 2.60. The van der Waals surface area contributed by atoms with Crippen LogP contribution >= 0.6 is 15.9 Å². The van der Waals surface area contributed by atoms with Gasteiger partial charge in [-0.3, -0.25) is 4.79 Å². The van der Waals surface area contributed by atoms with E-state index in [2.05, 4.69) is 21.2 Å². The molecule has 0 heterocycles. The van der Waals surface area contributed by atoms with Crippen molar-refractivity contribution in [3.05, 3.63) is 63.6 Å². The zero-order chi connectivity index (χ0) is 14.5. The van der Waals surface area contributed by atoms with Crippen molar-refractivity contribution in [3.63, 3.8) is 0 Å². The van der Waals surface area contributed by atoms with E-state index in [1.165, 1.54) is 0 Å². The minimum absolute atomic E-state index is 0.109. The summed E-state index contributed by atoms with van der Waals surface area (Å²) in [6.07, 6.45) is 0. The van der Waals surface area contributed by atoms with Gasteiger partial charge in [0.05, 0.1) is 12.7 Å². The molecular formula is C16H16BrNO2. The number of aryl methyl sites for hydroxylation is 1. The maximum absolute atomic E-state index is 12.2. The maximum Gasteiger partial charge on any atom is 0.252 e. The average molecular weight is 334 g/mol. The van der Waals surface area contributed by atoms with Gasteiger partial charge in [-0.05, 0) is 46.6 Å². The number of hydrogen-bond acceptors (Lipinski definition) is 2. The molecule has 2 aromatic rings. The van der Waals surface area contributed by atoms with Crippen LogP contribution in [0, 0.1) is 6.92 Å². The molecule has 0 radical (unpaired) electrons. The van der Waals surface area contributed by atoms with Gasteiger partial charge in [-0.25, -0.2) is 0 Å². The van der Waals surface area contributed by atoms with Gasteiger partial charge >= 0.3 is 0 Å². The molecule has 0 atom stereocenters. The summed E-state index contributed by atoms with van der Waals surface area (Å²) in [5.74, 6) is 0.665. The number of hydrogen-bond donors (Lipinski definition) is 1. The summed E-state index contributed by atoms with van der Waals surface area (Å²) in [6, 6.07) is 13.3. The van der Waals surface area contributed by atoms with Gasteiger partial charge in [-0.2, -0.15) is 0 Å². The Labute approximate surface area is 127 Å². The SMILES string of the molecule is COc1ccccc1CNC(=O)c1ccc(C)cc1Br. The number of benzene rings is 2. The van der Waals surface area contributed by atoms with Gasteiger partial charge in [0, 0.05) is 16.6 Å². The Balaban J connectivity index is 2.09. The molecule has 0 aliphatic rings. The molecule has 1 amide bonds. The van der Waals surface area contributed by atoms with Crippen molar-refractivity contribution in [1.29, 1.82) is 0 Å². The molecular weight excluding hydrogens is 318 g/mol. The van der Waals surface area contributed by atoms with E-state index in [9.17, 15) is 4.79 Å².